The van der Waals surface area contributed by atoms with Gasteiger partial charge in [-0.3, -0.25) is 9.59 Å². The molecule has 3 aromatic rings. The molecule has 0 aliphatic carbocycles. The number of carboxylic acids is 1. The fourth-order valence-electron chi connectivity index (χ4n) is 2.74. The Bertz CT molecular complexity index is 1250. The third kappa shape index (κ3) is 5.80. The molecule has 0 spiro atoms. The Morgan fingerprint density at radius 3 is 1.91 bits per heavy atom. The summed E-state index contributed by atoms with van der Waals surface area (Å²) in [7, 11) is 0. The predicted octanol–water partition coefficient (Wildman–Crippen LogP) is 7.36. The molecule has 0 heterocycles. The Morgan fingerprint density at radius 2 is 1.36 bits per heavy atom. The number of halogens is 5. The Labute approximate surface area is 211 Å². The highest BCUT2D eigenvalue weighted by molar-refractivity contribution is 8.00. The summed E-state index contributed by atoms with van der Waals surface area (Å²) in [6, 6.07) is 11.7. The molecule has 0 fully saturated rings. The standard InChI is InChI=1S/C22H12Cl4FNO4S/c23-17-15(16(22(31)32)18(24)20(26)19(17)25)21(30)28-12-5-7-13(8-6-12)33-9-14(29)10-1-3-11(27)4-2-10/h1-8H,9H2,(H,28,30)(H,31,32). The fraction of sp³-hybridized carbons (Fsp3) is 0.0455. The van der Waals surface area contributed by atoms with Crippen LogP contribution in [0.1, 0.15) is 31.1 Å². The minimum absolute atomic E-state index is 0.136. The van der Waals surface area contributed by atoms with Gasteiger partial charge in [0.2, 0.25) is 0 Å². The van der Waals surface area contributed by atoms with Crippen LogP contribution in [-0.4, -0.2) is 28.5 Å². The van der Waals surface area contributed by atoms with E-state index in [4.69, 9.17) is 46.4 Å². The van der Waals surface area contributed by atoms with Crippen LogP contribution in [0.25, 0.3) is 0 Å². The summed E-state index contributed by atoms with van der Waals surface area (Å²) in [6.07, 6.45) is 0. The zero-order valence-electron chi connectivity index (χ0n) is 16.3. The van der Waals surface area contributed by atoms with Crippen molar-refractivity contribution >= 4 is 81.5 Å². The monoisotopic (exact) mass is 545 g/mol. The van der Waals surface area contributed by atoms with E-state index < -0.39 is 33.8 Å². The van der Waals surface area contributed by atoms with E-state index in [2.05, 4.69) is 5.32 Å². The maximum absolute atomic E-state index is 13.0. The van der Waals surface area contributed by atoms with Crippen molar-refractivity contribution in [3.05, 3.63) is 91.1 Å². The molecule has 3 aromatic carbocycles. The summed E-state index contributed by atoms with van der Waals surface area (Å²) in [6.45, 7) is 0. The van der Waals surface area contributed by atoms with Crippen molar-refractivity contribution in [3.63, 3.8) is 0 Å². The molecule has 2 N–H and O–H groups in total. The van der Waals surface area contributed by atoms with Crippen molar-refractivity contribution in [1.29, 1.82) is 0 Å². The van der Waals surface area contributed by atoms with E-state index in [-0.39, 0.29) is 26.6 Å². The minimum Gasteiger partial charge on any atom is -0.478 e. The van der Waals surface area contributed by atoms with E-state index in [0.29, 0.717) is 11.3 Å². The third-order valence-electron chi connectivity index (χ3n) is 4.36. The van der Waals surface area contributed by atoms with Gasteiger partial charge in [0.1, 0.15) is 5.82 Å². The highest BCUT2D eigenvalue weighted by Crippen LogP contribution is 2.41. The van der Waals surface area contributed by atoms with Gasteiger partial charge in [-0.2, -0.15) is 0 Å². The molecule has 0 aromatic heterocycles. The first-order valence-electron chi connectivity index (χ1n) is 9.02. The molecular formula is C22H12Cl4FNO4S. The van der Waals surface area contributed by atoms with Crippen molar-refractivity contribution in [2.24, 2.45) is 0 Å². The van der Waals surface area contributed by atoms with Gasteiger partial charge < -0.3 is 10.4 Å². The summed E-state index contributed by atoms with van der Waals surface area (Å²) in [5.41, 5.74) is -0.255. The first-order chi connectivity index (χ1) is 15.6. The molecule has 0 bridgehead atoms. The second-order valence-electron chi connectivity index (χ2n) is 6.51. The maximum Gasteiger partial charge on any atom is 0.338 e. The molecule has 5 nitrogen and oxygen atoms in total. The van der Waals surface area contributed by atoms with E-state index in [1.807, 2.05) is 0 Å². The van der Waals surface area contributed by atoms with Crippen molar-refractivity contribution < 1.29 is 23.9 Å². The Balaban J connectivity index is 1.73. The van der Waals surface area contributed by atoms with Gasteiger partial charge in [-0.25, -0.2) is 9.18 Å². The lowest BCUT2D eigenvalue weighted by molar-refractivity contribution is 0.0692. The number of ketones is 1. The zero-order valence-corrected chi connectivity index (χ0v) is 20.1. The van der Waals surface area contributed by atoms with Crippen LogP contribution in [0, 0.1) is 5.82 Å². The van der Waals surface area contributed by atoms with Crippen molar-refractivity contribution in [3.8, 4) is 0 Å². The van der Waals surface area contributed by atoms with E-state index in [9.17, 15) is 23.9 Å². The Morgan fingerprint density at radius 1 is 0.818 bits per heavy atom. The number of carboxylic acid groups (broad SMARTS) is 1. The van der Waals surface area contributed by atoms with Crippen LogP contribution in [0.3, 0.4) is 0 Å². The summed E-state index contributed by atoms with van der Waals surface area (Å²) in [5.74, 6) is -2.79. The van der Waals surface area contributed by atoms with Crippen LogP contribution in [0.2, 0.25) is 20.1 Å². The van der Waals surface area contributed by atoms with Crippen LogP contribution in [0.4, 0.5) is 10.1 Å². The summed E-state index contributed by atoms with van der Waals surface area (Å²) < 4.78 is 13.0. The molecule has 0 aliphatic heterocycles. The zero-order chi connectivity index (χ0) is 24.3. The van der Waals surface area contributed by atoms with Crippen LogP contribution in [0.15, 0.2) is 53.4 Å². The second kappa shape index (κ2) is 10.8. The number of amides is 1. The molecule has 33 heavy (non-hydrogen) atoms. The molecule has 170 valence electrons. The molecular weight excluding hydrogens is 535 g/mol. The first-order valence-corrected chi connectivity index (χ1v) is 11.5. The van der Waals surface area contributed by atoms with Crippen molar-refractivity contribution in [2.45, 2.75) is 4.90 Å². The average Bonchev–Trinajstić information content (AvgIpc) is 2.79. The van der Waals surface area contributed by atoms with Crippen molar-refractivity contribution in [1.82, 2.24) is 0 Å². The van der Waals surface area contributed by atoms with Gasteiger partial charge in [-0.1, -0.05) is 46.4 Å². The number of hydrogen-bond acceptors (Lipinski definition) is 4. The van der Waals surface area contributed by atoms with Crippen LogP contribution < -0.4 is 5.32 Å². The number of anilines is 1. The van der Waals surface area contributed by atoms with Crippen LogP contribution in [-0.2, 0) is 0 Å². The van der Waals surface area contributed by atoms with E-state index in [1.54, 1.807) is 24.3 Å². The Hall–Kier alpha value is -2.29. The molecule has 0 saturated carbocycles. The number of carbonyl (C=O) groups is 3. The summed E-state index contributed by atoms with van der Waals surface area (Å²) in [4.78, 5) is 37.3. The normalized spacial score (nSPS) is 10.7. The van der Waals surface area contributed by atoms with Gasteiger partial charge in [-0.15, -0.1) is 11.8 Å². The average molecular weight is 547 g/mol. The molecule has 11 heteroatoms. The molecule has 3 rings (SSSR count). The number of rotatable bonds is 7. The molecule has 0 aliphatic rings. The van der Waals surface area contributed by atoms with Gasteiger partial charge >= 0.3 is 5.97 Å². The van der Waals surface area contributed by atoms with Crippen LogP contribution in [0.5, 0.6) is 0 Å². The largest absolute Gasteiger partial charge is 0.478 e. The number of hydrogen-bond donors (Lipinski definition) is 2. The lowest BCUT2D eigenvalue weighted by atomic mass is 10.1. The van der Waals surface area contributed by atoms with Crippen LogP contribution >= 0.6 is 58.2 Å². The fourth-order valence-corrected chi connectivity index (χ4v) is 4.55. The predicted molar refractivity (Wildman–Crippen MR) is 129 cm³/mol. The quantitative estimate of drug-likeness (QED) is 0.140. The number of benzene rings is 3. The lowest BCUT2D eigenvalue weighted by Gasteiger charge is -2.14. The van der Waals surface area contributed by atoms with Gasteiger partial charge in [0.25, 0.3) is 5.91 Å². The molecule has 0 radical (unpaired) electrons. The van der Waals surface area contributed by atoms with E-state index in [1.165, 1.54) is 36.0 Å². The van der Waals surface area contributed by atoms with Gasteiger partial charge in [0, 0.05) is 16.1 Å². The smallest absolute Gasteiger partial charge is 0.338 e. The number of Topliss-reactive ketones (excluding diaryl/α,β-unsaturated/α-hetero) is 1. The first kappa shape index (κ1) is 25.3. The van der Waals surface area contributed by atoms with Crippen molar-refractivity contribution in [2.75, 3.05) is 11.1 Å². The van der Waals surface area contributed by atoms with E-state index >= 15 is 0 Å². The van der Waals surface area contributed by atoms with E-state index in [0.717, 1.165) is 4.90 Å². The van der Waals surface area contributed by atoms with Gasteiger partial charge in [0.05, 0.1) is 37.0 Å². The second-order valence-corrected chi connectivity index (χ2v) is 9.07. The molecule has 0 saturated heterocycles. The highest BCUT2D eigenvalue weighted by atomic mass is 35.5. The number of aromatic carboxylic acids is 1. The SMILES string of the molecule is O=C(CSc1ccc(NC(=O)c2c(Cl)c(Cl)c(Cl)c(Cl)c2C(=O)O)cc1)c1ccc(F)cc1. The third-order valence-corrected chi connectivity index (χ3v) is 7.17. The number of nitrogens with one attached hydrogen (secondary N) is 1. The summed E-state index contributed by atoms with van der Waals surface area (Å²) in [5, 5.41) is 10.7. The Kier molecular flexibility index (Phi) is 8.26. The van der Waals surface area contributed by atoms with Gasteiger partial charge in [-0.05, 0) is 48.5 Å². The van der Waals surface area contributed by atoms with Gasteiger partial charge in [0.15, 0.2) is 5.78 Å². The summed E-state index contributed by atoms with van der Waals surface area (Å²) >= 11 is 25.2. The molecule has 0 atom stereocenters. The maximum atomic E-state index is 13.0. The number of thioether (sulfide) groups is 1. The number of carbonyl (C=O) groups excluding carboxylic acids is 2. The lowest BCUT2D eigenvalue weighted by Crippen LogP contribution is -2.18. The molecule has 1 amide bonds. The molecule has 0 unspecified atom stereocenters. The highest BCUT2D eigenvalue weighted by Gasteiger charge is 2.28. The topological polar surface area (TPSA) is 83.5 Å². The minimum atomic E-state index is -1.50.